The molecule has 30 heavy (non-hydrogen) atoms. The van der Waals surface area contributed by atoms with Crippen molar-refractivity contribution in [2.24, 2.45) is 5.92 Å². The molecule has 0 aliphatic carbocycles. The fraction of sp³-hybridized carbons (Fsp3) is 0.292. The number of H-pyrrole nitrogens is 1. The molecule has 0 unspecified atom stereocenters. The van der Waals surface area contributed by atoms with Crippen molar-refractivity contribution in [2.45, 2.75) is 39.8 Å². The van der Waals surface area contributed by atoms with Crippen LogP contribution in [0.3, 0.4) is 0 Å². The number of pyridine rings is 1. The molecule has 0 saturated heterocycles. The van der Waals surface area contributed by atoms with Crippen LogP contribution in [0.25, 0.3) is 21.8 Å². The van der Waals surface area contributed by atoms with Gasteiger partial charge in [0.05, 0.1) is 22.6 Å². The molecule has 154 valence electrons. The summed E-state index contributed by atoms with van der Waals surface area (Å²) in [5.74, 6) is 0.726. The standard InChI is InChI=1S/C24H26N4O2/c1-14(2)21(22-26-19-11-7-8-12-20(19)28(22)15(3)4)27-24(30)18-13-25-23(29)17-10-6-5-9-16(17)18/h5-15,21H,1-4H3,(H,25,29)(H,27,30)/t21-/m1/s1. The van der Waals surface area contributed by atoms with Gasteiger partial charge in [-0.15, -0.1) is 0 Å². The van der Waals surface area contributed by atoms with Crippen molar-refractivity contribution in [3.63, 3.8) is 0 Å². The molecule has 0 radical (unpaired) electrons. The van der Waals surface area contributed by atoms with Gasteiger partial charge < -0.3 is 14.9 Å². The fourth-order valence-corrected chi connectivity index (χ4v) is 3.97. The Kier molecular flexibility index (Phi) is 5.16. The molecule has 0 aliphatic heterocycles. The molecule has 6 nitrogen and oxygen atoms in total. The first kappa shape index (κ1) is 19.9. The number of rotatable bonds is 5. The number of para-hydroxylation sites is 2. The Morgan fingerprint density at radius 1 is 1.00 bits per heavy atom. The SMILES string of the molecule is CC(C)[C@@H](NC(=O)c1c[nH]c(=O)c2ccccc12)c1nc2ccccc2n1C(C)C. The van der Waals surface area contributed by atoms with E-state index in [0.717, 1.165) is 16.9 Å². The molecule has 4 rings (SSSR count). The Bertz CT molecular complexity index is 1280. The minimum absolute atomic E-state index is 0.122. The van der Waals surface area contributed by atoms with E-state index in [1.54, 1.807) is 18.2 Å². The van der Waals surface area contributed by atoms with Gasteiger partial charge in [-0.3, -0.25) is 9.59 Å². The van der Waals surface area contributed by atoms with Crippen molar-refractivity contribution in [1.82, 2.24) is 19.9 Å². The van der Waals surface area contributed by atoms with E-state index in [-0.39, 0.29) is 29.5 Å². The molecule has 0 aliphatic rings. The summed E-state index contributed by atoms with van der Waals surface area (Å²) >= 11 is 0. The molecule has 6 heteroatoms. The van der Waals surface area contributed by atoms with E-state index in [1.807, 2.05) is 24.3 Å². The van der Waals surface area contributed by atoms with Crippen LogP contribution in [0.15, 0.2) is 59.5 Å². The number of carbonyl (C=O) groups excluding carboxylic acids is 1. The number of hydrogen-bond acceptors (Lipinski definition) is 3. The Hall–Kier alpha value is -3.41. The number of fused-ring (bicyclic) bond motifs is 2. The third-order valence-electron chi connectivity index (χ3n) is 5.43. The van der Waals surface area contributed by atoms with Crippen molar-refractivity contribution in [3.05, 3.63) is 76.5 Å². The highest BCUT2D eigenvalue weighted by molar-refractivity contribution is 6.06. The Labute approximate surface area is 175 Å². The zero-order chi connectivity index (χ0) is 21.4. The van der Waals surface area contributed by atoms with Crippen LogP contribution in [0.5, 0.6) is 0 Å². The predicted octanol–water partition coefficient (Wildman–Crippen LogP) is 4.59. The molecule has 0 saturated carbocycles. The lowest BCUT2D eigenvalue weighted by molar-refractivity contribution is 0.0923. The normalized spacial score (nSPS) is 12.7. The predicted molar refractivity (Wildman–Crippen MR) is 120 cm³/mol. The first-order valence-corrected chi connectivity index (χ1v) is 10.3. The van der Waals surface area contributed by atoms with Crippen LogP contribution in [0, 0.1) is 5.92 Å². The lowest BCUT2D eigenvalue weighted by atomic mass is 10.0. The van der Waals surface area contributed by atoms with Crippen LogP contribution in [-0.4, -0.2) is 20.4 Å². The highest BCUT2D eigenvalue weighted by Gasteiger charge is 2.27. The Morgan fingerprint density at radius 2 is 1.67 bits per heavy atom. The molecule has 0 bridgehead atoms. The number of aromatic nitrogens is 3. The van der Waals surface area contributed by atoms with Crippen LogP contribution in [0.4, 0.5) is 0 Å². The smallest absolute Gasteiger partial charge is 0.255 e. The second-order valence-corrected chi connectivity index (χ2v) is 8.19. The van der Waals surface area contributed by atoms with Crippen molar-refractivity contribution in [2.75, 3.05) is 0 Å². The molecule has 2 aromatic heterocycles. The van der Waals surface area contributed by atoms with Crippen molar-refractivity contribution in [3.8, 4) is 0 Å². The topological polar surface area (TPSA) is 79.8 Å². The molecule has 4 aromatic rings. The van der Waals surface area contributed by atoms with Gasteiger partial charge >= 0.3 is 0 Å². The van der Waals surface area contributed by atoms with Gasteiger partial charge in [0.1, 0.15) is 5.82 Å². The number of aromatic amines is 1. The van der Waals surface area contributed by atoms with E-state index >= 15 is 0 Å². The fourth-order valence-electron chi connectivity index (χ4n) is 3.97. The molecular formula is C24H26N4O2. The third kappa shape index (κ3) is 3.38. The number of imidazole rings is 1. The number of amides is 1. The Morgan fingerprint density at radius 3 is 2.37 bits per heavy atom. The van der Waals surface area contributed by atoms with Gasteiger partial charge in [-0.2, -0.15) is 0 Å². The molecule has 0 spiro atoms. The summed E-state index contributed by atoms with van der Waals surface area (Å²) in [6.45, 7) is 8.37. The van der Waals surface area contributed by atoms with Gasteiger partial charge in [0, 0.05) is 23.0 Å². The summed E-state index contributed by atoms with van der Waals surface area (Å²) in [6.07, 6.45) is 1.49. The molecular weight excluding hydrogens is 376 g/mol. The molecule has 1 atom stereocenters. The first-order valence-electron chi connectivity index (χ1n) is 10.3. The van der Waals surface area contributed by atoms with E-state index in [4.69, 9.17) is 4.98 Å². The molecule has 1 amide bonds. The maximum atomic E-state index is 13.3. The molecule has 2 N–H and O–H groups in total. The second-order valence-electron chi connectivity index (χ2n) is 8.19. The number of nitrogens with one attached hydrogen (secondary N) is 2. The Balaban J connectivity index is 1.79. The van der Waals surface area contributed by atoms with E-state index in [2.05, 4.69) is 48.6 Å². The van der Waals surface area contributed by atoms with Gasteiger partial charge in [0.25, 0.3) is 11.5 Å². The summed E-state index contributed by atoms with van der Waals surface area (Å²) in [4.78, 5) is 33.0. The molecule has 2 heterocycles. The van der Waals surface area contributed by atoms with Gasteiger partial charge in [-0.05, 0) is 38.0 Å². The van der Waals surface area contributed by atoms with Crippen LogP contribution >= 0.6 is 0 Å². The first-order chi connectivity index (χ1) is 14.4. The third-order valence-corrected chi connectivity index (χ3v) is 5.43. The van der Waals surface area contributed by atoms with Crippen molar-refractivity contribution < 1.29 is 4.79 Å². The quantitative estimate of drug-likeness (QED) is 0.513. The monoisotopic (exact) mass is 402 g/mol. The largest absolute Gasteiger partial charge is 0.342 e. The number of carbonyl (C=O) groups is 1. The van der Waals surface area contributed by atoms with Crippen LogP contribution in [0.1, 0.15) is 56.0 Å². The number of nitrogens with zero attached hydrogens (tertiary/aromatic N) is 2. The lowest BCUT2D eigenvalue weighted by Crippen LogP contribution is -2.34. The van der Waals surface area contributed by atoms with Crippen molar-refractivity contribution in [1.29, 1.82) is 0 Å². The highest BCUT2D eigenvalue weighted by atomic mass is 16.2. The maximum Gasteiger partial charge on any atom is 0.255 e. The van der Waals surface area contributed by atoms with Gasteiger partial charge in [0.2, 0.25) is 0 Å². The van der Waals surface area contributed by atoms with Crippen molar-refractivity contribution >= 4 is 27.7 Å². The van der Waals surface area contributed by atoms with E-state index < -0.39 is 0 Å². The van der Waals surface area contributed by atoms with Crippen LogP contribution < -0.4 is 10.9 Å². The summed E-state index contributed by atoms with van der Waals surface area (Å²) in [7, 11) is 0. The zero-order valence-corrected chi connectivity index (χ0v) is 17.6. The second kappa shape index (κ2) is 7.78. The molecule has 2 aromatic carbocycles. The summed E-state index contributed by atoms with van der Waals surface area (Å²) in [5, 5.41) is 4.31. The minimum atomic E-state index is -0.280. The lowest BCUT2D eigenvalue weighted by Gasteiger charge is -2.25. The average molecular weight is 402 g/mol. The maximum absolute atomic E-state index is 13.3. The van der Waals surface area contributed by atoms with Gasteiger partial charge in [-0.1, -0.05) is 44.2 Å². The molecule has 0 fully saturated rings. The van der Waals surface area contributed by atoms with Crippen LogP contribution in [-0.2, 0) is 0 Å². The van der Waals surface area contributed by atoms with Gasteiger partial charge in [-0.25, -0.2) is 4.98 Å². The number of benzene rings is 2. The van der Waals surface area contributed by atoms with E-state index in [0.29, 0.717) is 16.3 Å². The summed E-state index contributed by atoms with van der Waals surface area (Å²) in [5.41, 5.74) is 2.21. The summed E-state index contributed by atoms with van der Waals surface area (Å²) < 4.78 is 2.19. The minimum Gasteiger partial charge on any atom is -0.342 e. The van der Waals surface area contributed by atoms with E-state index in [1.165, 1.54) is 6.20 Å². The zero-order valence-electron chi connectivity index (χ0n) is 17.6. The van der Waals surface area contributed by atoms with E-state index in [9.17, 15) is 9.59 Å². The number of hydrogen-bond donors (Lipinski definition) is 2. The summed E-state index contributed by atoms with van der Waals surface area (Å²) in [6, 6.07) is 15.1. The van der Waals surface area contributed by atoms with Crippen LogP contribution in [0.2, 0.25) is 0 Å². The highest BCUT2D eigenvalue weighted by Crippen LogP contribution is 2.29. The van der Waals surface area contributed by atoms with Gasteiger partial charge in [0.15, 0.2) is 0 Å². The average Bonchev–Trinajstić information content (AvgIpc) is 3.11.